The van der Waals surface area contributed by atoms with Gasteiger partial charge in [-0.1, -0.05) is 25.2 Å². The van der Waals surface area contributed by atoms with Gasteiger partial charge >= 0.3 is 0 Å². The van der Waals surface area contributed by atoms with Crippen molar-refractivity contribution in [1.82, 2.24) is 24.9 Å². The summed E-state index contributed by atoms with van der Waals surface area (Å²) >= 11 is 0.664. The summed E-state index contributed by atoms with van der Waals surface area (Å²) < 4.78 is 51.5. The van der Waals surface area contributed by atoms with Crippen LogP contribution in [0.1, 0.15) is 25.3 Å². The third kappa shape index (κ3) is 4.17. The molecule has 0 unspecified atom stereocenters. The predicted molar refractivity (Wildman–Crippen MR) is 114 cm³/mol. The van der Waals surface area contributed by atoms with Gasteiger partial charge in [-0.15, -0.1) is 10.2 Å². The highest BCUT2D eigenvalue weighted by molar-refractivity contribution is 7.89. The van der Waals surface area contributed by atoms with E-state index in [2.05, 4.69) is 15.3 Å². The molecule has 3 heterocycles. The quantitative estimate of drug-likeness (QED) is 0.583. The van der Waals surface area contributed by atoms with E-state index in [1.807, 2.05) is 18.7 Å². The first kappa shape index (κ1) is 22.5. The Kier molecular flexibility index (Phi) is 5.85. The molecule has 1 saturated heterocycles. The molecule has 0 saturated carbocycles. The lowest BCUT2D eigenvalue weighted by molar-refractivity contribution is -0.134. The number of primary sulfonamides is 1. The number of benzene rings is 1. The second-order valence-electron chi connectivity index (χ2n) is 7.67. The Balaban J connectivity index is 1.76. The number of sulfonamides is 1. The van der Waals surface area contributed by atoms with Crippen LogP contribution in [0.25, 0.3) is 16.0 Å². The van der Waals surface area contributed by atoms with Gasteiger partial charge in [0, 0.05) is 43.2 Å². The highest BCUT2D eigenvalue weighted by atomic mass is 32.2. The highest BCUT2D eigenvalue weighted by Gasteiger charge is 2.26. The summed E-state index contributed by atoms with van der Waals surface area (Å²) in [6, 6.07) is 2.80. The molecule has 2 aromatic heterocycles. The van der Waals surface area contributed by atoms with Crippen LogP contribution in [0.2, 0.25) is 0 Å². The zero-order valence-corrected chi connectivity index (χ0v) is 18.9. The van der Waals surface area contributed by atoms with E-state index < -0.39 is 21.5 Å². The van der Waals surface area contributed by atoms with Crippen molar-refractivity contribution in [1.29, 1.82) is 0 Å². The van der Waals surface area contributed by atoms with E-state index in [-0.39, 0.29) is 21.9 Å². The number of rotatable bonds is 5. The second kappa shape index (κ2) is 8.33. The topological polar surface area (TPSA) is 127 Å². The fourth-order valence-electron chi connectivity index (χ4n) is 3.59. The van der Waals surface area contributed by atoms with Crippen LogP contribution in [0.5, 0.6) is 0 Å². The number of piperazine rings is 1. The van der Waals surface area contributed by atoms with Crippen molar-refractivity contribution in [3.8, 4) is 5.13 Å². The molecule has 0 aliphatic carbocycles. The number of halogens is 2. The molecule has 3 aromatic rings. The number of aromatic nitrogens is 4. The minimum absolute atomic E-state index is 0.0620. The van der Waals surface area contributed by atoms with Gasteiger partial charge in [0.1, 0.15) is 0 Å². The molecule has 14 heteroatoms. The molecule has 10 nitrogen and oxygen atoms in total. The van der Waals surface area contributed by atoms with E-state index in [4.69, 9.17) is 5.14 Å². The Labute approximate surface area is 186 Å². The van der Waals surface area contributed by atoms with Gasteiger partial charge in [0.05, 0.1) is 16.6 Å². The van der Waals surface area contributed by atoms with Gasteiger partial charge in [0.15, 0.2) is 5.01 Å². The fourth-order valence-corrected chi connectivity index (χ4v) is 4.82. The van der Waals surface area contributed by atoms with Crippen LogP contribution < -0.4 is 10.0 Å². The molecule has 0 radical (unpaired) electrons. The SMILES string of the molecule is CC(C)C(=O)N1CCN(c2cc(S(N)(=O)=O)cc3c2cnn3-c2nnc(C(F)F)s2)CC1. The normalized spacial score (nSPS) is 15.3. The molecule has 1 aromatic carbocycles. The molecule has 2 N–H and O–H groups in total. The second-order valence-corrected chi connectivity index (χ2v) is 10.2. The van der Waals surface area contributed by atoms with Gasteiger partial charge in [0.2, 0.25) is 21.1 Å². The largest absolute Gasteiger partial charge is 0.367 e. The molecule has 1 fully saturated rings. The number of nitrogens with two attached hydrogens (primary N) is 1. The van der Waals surface area contributed by atoms with Crippen LogP contribution in [-0.4, -0.2) is 65.4 Å². The van der Waals surface area contributed by atoms with Crippen molar-refractivity contribution in [3.05, 3.63) is 23.3 Å². The predicted octanol–water partition coefficient (Wildman–Crippen LogP) is 1.77. The van der Waals surface area contributed by atoms with E-state index in [1.165, 1.54) is 23.0 Å². The number of alkyl halides is 2. The van der Waals surface area contributed by atoms with Gasteiger partial charge in [-0.2, -0.15) is 5.10 Å². The van der Waals surface area contributed by atoms with E-state index in [0.29, 0.717) is 54.1 Å². The molecule has 1 aliphatic heterocycles. The minimum atomic E-state index is -4.06. The summed E-state index contributed by atoms with van der Waals surface area (Å²) in [5.74, 6) is -0.0470. The van der Waals surface area contributed by atoms with Crippen LogP contribution in [-0.2, 0) is 14.8 Å². The van der Waals surface area contributed by atoms with Crippen LogP contribution >= 0.6 is 11.3 Å². The lowest BCUT2D eigenvalue weighted by Gasteiger charge is -2.37. The summed E-state index contributed by atoms with van der Waals surface area (Å²) in [5.41, 5.74) is 0.928. The number of fused-ring (bicyclic) bond motifs is 1. The maximum absolute atomic E-state index is 12.9. The summed E-state index contributed by atoms with van der Waals surface area (Å²) in [6.07, 6.45) is -1.25. The van der Waals surface area contributed by atoms with Gasteiger partial charge in [0.25, 0.3) is 6.43 Å². The molecular formula is C18H21F2N7O3S2. The number of nitrogens with zero attached hydrogens (tertiary/aromatic N) is 6. The van der Waals surface area contributed by atoms with Crippen LogP contribution in [0.15, 0.2) is 23.2 Å². The Bertz CT molecular complexity index is 1260. The average molecular weight is 486 g/mol. The Morgan fingerprint density at radius 1 is 1.16 bits per heavy atom. The number of carbonyl (C=O) groups excluding carboxylic acids is 1. The lowest BCUT2D eigenvalue weighted by Crippen LogP contribution is -2.50. The molecular weight excluding hydrogens is 464 g/mol. The zero-order chi connectivity index (χ0) is 23.2. The van der Waals surface area contributed by atoms with Crippen LogP contribution in [0.4, 0.5) is 14.5 Å². The van der Waals surface area contributed by atoms with Gasteiger partial charge in [-0.25, -0.2) is 27.0 Å². The smallest absolute Gasteiger partial charge is 0.291 e. The fraction of sp³-hybridized carbons (Fsp3) is 0.444. The average Bonchev–Trinajstić information content (AvgIpc) is 3.39. The third-order valence-corrected chi connectivity index (χ3v) is 6.99. The summed E-state index contributed by atoms with van der Waals surface area (Å²) in [4.78, 5) is 15.9. The van der Waals surface area contributed by atoms with Crippen LogP contribution in [0, 0.1) is 5.92 Å². The number of amides is 1. The summed E-state index contributed by atoms with van der Waals surface area (Å²) in [6.45, 7) is 5.63. The first-order chi connectivity index (χ1) is 15.1. The minimum Gasteiger partial charge on any atom is -0.367 e. The van der Waals surface area contributed by atoms with Crippen molar-refractivity contribution in [2.24, 2.45) is 11.1 Å². The summed E-state index contributed by atoms with van der Waals surface area (Å²) in [5, 5.41) is 17.1. The number of hydrogen-bond acceptors (Lipinski definition) is 8. The summed E-state index contributed by atoms with van der Waals surface area (Å²) in [7, 11) is -4.06. The van der Waals surface area contributed by atoms with Gasteiger partial charge < -0.3 is 9.80 Å². The number of carbonyl (C=O) groups is 1. The number of hydrogen-bond donors (Lipinski definition) is 1. The van der Waals surface area contributed by atoms with Gasteiger partial charge in [-0.05, 0) is 12.1 Å². The maximum Gasteiger partial charge on any atom is 0.291 e. The molecule has 0 bridgehead atoms. The van der Waals surface area contributed by atoms with Crippen molar-refractivity contribution in [3.63, 3.8) is 0 Å². The third-order valence-electron chi connectivity index (χ3n) is 5.19. The first-order valence-electron chi connectivity index (χ1n) is 9.76. The monoisotopic (exact) mass is 485 g/mol. The molecule has 1 amide bonds. The van der Waals surface area contributed by atoms with E-state index in [9.17, 15) is 22.0 Å². The van der Waals surface area contributed by atoms with E-state index in [0.717, 1.165) is 0 Å². The first-order valence-corrected chi connectivity index (χ1v) is 12.1. The zero-order valence-electron chi connectivity index (χ0n) is 17.3. The standard InChI is InChI=1S/C18H21F2N7O3S2/c1-10(2)17(28)26-5-3-25(4-6-26)13-7-11(32(21,29)30)8-14-12(13)9-22-27(14)18-24-23-16(31-18)15(19)20/h7-10,15H,3-6H2,1-2H3,(H2,21,29,30). The van der Waals surface area contributed by atoms with Crippen molar-refractivity contribution in [2.45, 2.75) is 25.2 Å². The maximum atomic E-state index is 12.9. The Morgan fingerprint density at radius 2 is 1.84 bits per heavy atom. The molecule has 1 aliphatic rings. The van der Waals surface area contributed by atoms with Gasteiger partial charge in [-0.3, -0.25) is 4.79 Å². The lowest BCUT2D eigenvalue weighted by atomic mass is 10.1. The Hall–Kier alpha value is -2.71. The molecule has 0 spiro atoms. The van der Waals surface area contributed by atoms with Crippen LogP contribution in [0.3, 0.4) is 0 Å². The molecule has 32 heavy (non-hydrogen) atoms. The van der Waals surface area contributed by atoms with Crippen molar-refractivity contribution in [2.75, 3.05) is 31.1 Å². The highest BCUT2D eigenvalue weighted by Crippen LogP contribution is 2.33. The van der Waals surface area contributed by atoms with E-state index in [1.54, 1.807) is 4.90 Å². The van der Waals surface area contributed by atoms with E-state index >= 15 is 0 Å². The Morgan fingerprint density at radius 3 is 2.41 bits per heavy atom. The number of anilines is 1. The van der Waals surface area contributed by atoms with Crippen molar-refractivity contribution >= 4 is 43.9 Å². The molecule has 0 atom stereocenters. The van der Waals surface area contributed by atoms with Crippen molar-refractivity contribution < 1.29 is 22.0 Å². The molecule has 4 rings (SSSR count). The molecule has 172 valence electrons.